The minimum absolute atomic E-state index is 0.0882. The maximum atomic E-state index is 9.50. The molecule has 2 aromatic carbocycles. The molecule has 136 valence electrons. The van der Waals surface area contributed by atoms with Crippen molar-refractivity contribution in [2.75, 3.05) is 6.61 Å². The van der Waals surface area contributed by atoms with Crippen LogP contribution in [0.15, 0.2) is 47.4 Å². The maximum absolute atomic E-state index is 9.50. The largest absolute Gasteiger partial charge is 0.396 e. The summed E-state index contributed by atoms with van der Waals surface area (Å²) < 4.78 is 9.46. The van der Waals surface area contributed by atoms with Crippen LogP contribution in [0.2, 0.25) is 0 Å². The highest BCUT2D eigenvalue weighted by atomic mass is 32.2. The lowest BCUT2D eigenvalue weighted by atomic mass is 9.94. The predicted octanol–water partition coefficient (Wildman–Crippen LogP) is 4.76. The topological polar surface area (TPSA) is 53.4 Å². The molecule has 5 heteroatoms. The van der Waals surface area contributed by atoms with Crippen LogP contribution in [-0.4, -0.2) is 21.3 Å². The first-order valence-electron chi connectivity index (χ1n) is 8.67. The molecule has 1 heterocycles. The van der Waals surface area contributed by atoms with Crippen LogP contribution in [0.3, 0.4) is 0 Å². The second-order valence-electron chi connectivity index (χ2n) is 6.48. The van der Waals surface area contributed by atoms with E-state index in [0.29, 0.717) is 6.42 Å². The Morgan fingerprint density at radius 2 is 1.88 bits per heavy atom. The highest BCUT2D eigenvalue weighted by Crippen LogP contribution is 2.38. The highest BCUT2D eigenvalue weighted by molar-refractivity contribution is 7.72. The maximum Gasteiger partial charge on any atom is 0.187 e. The first-order chi connectivity index (χ1) is 12.5. The molecule has 0 aliphatic rings. The Balaban J connectivity index is 2.08. The summed E-state index contributed by atoms with van der Waals surface area (Å²) in [7, 11) is 0. The van der Waals surface area contributed by atoms with E-state index >= 15 is 0 Å². The molecule has 26 heavy (non-hydrogen) atoms. The molecule has 1 unspecified atom stereocenters. The van der Waals surface area contributed by atoms with Crippen molar-refractivity contribution in [1.29, 1.82) is 0 Å². The monoisotopic (exact) mass is 386 g/mol. The lowest BCUT2D eigenvalue weighted by molar-refractivity contribution is 0.298. The molecule has 3 aromatic rings. The first-order valence-corrected chi connectivity index (χ1v) is 10.3. The van der Waals surface area contributed by atoms with Crippen molar-refractivity contribution >= 4 is 23.4 Å². The van der Waals surface area contributed by atoms with Gasteiger partial charge in [0.2, 0.25) is 0 Å². The van der Waals surface area contributed by atoms with Crippen molar-refractivity contribution in [1.82, 2.24) is 4.98 Å². The number of hydrogen-bond acceptors (Lipinski definition) is 4. The van der Waals surface area contributed by atoms with E-state index in [1.54, 1.807) is 11.3 Å². The lowest BCUT2D eigenvalue weighted by Crippen LogP contribution is -2.03. The summed E-state index contributed by atoms with van der Waals surface area (Å²) in [5, 5.41) is 10.5. The van der Waals surface area contributed by atoms with Crippen molar-refractivity contribution in [2.45, 2.75) is 38.0 Å². The Morgan fingerprint density at radius 1 is 1.12 bits per heavy atom. The van der Waals surface area contributed by atoms with Crippen LogP contribution >= 0.6 is 11.3 Å². The molecule has 0 bridgehead atoms. The summed E-state index contributed by atoms with van der Waals surface area (Å²) >= 11 is 1.99. The number of hydrogen-bond donors (Lipinski definition) is 2. The van der Waals surface area contributed by atoms with Crippen molar-refractivity contribution in [2.24, 2.45) is 0 Å². The van der Waals surface area contributed by atoms with E-state index in [1.165, 1.54) is 21.6 Å². The molecule has 0 spiro atoms. The van der Waals surface area contributed by atoms with Gasteiger partial charge in [-0.3, -0.25) is 0 Å². The second-order valence-corrected chi connectivity index (χ2v) is 8.23. The number of thiol groups is 1. The summed E-state index contributed by atoms with van der Waals surface area (Å²) in [5.41, 5.74) is 5.71. The quantitative estimate of drug-likeness (QED) is 0.474. The van der Waals surface area contributed by atoms with Gasteiger partial charge in [-0.25, -0.2) is 4.98 Å². The molecule has 1 atom stereocenters. The fourth-order valence-electron chi connectivity index (χ4n) is 3.21. The zero-order valence-electron chi connectivity index (χ0n) is 15.2. The van der Waals surface area contributed by atoms with Crippen molar-refractivity contribution in [3.63, 3.8) is 0 Å². The SMILES string of the molecule is Cc1ccccc1-c1nc(CCO)c(C(C)c2cc([SH+]O)ccc2C)s1. The Labute approximate surface area is 163 Å². The van der Waals surface area contributed by atoms with Gasteiger partial charge < -0.3 is 5.11 Å². The molecule has 0 saturated heterocycles. The number of aliphatic hydroxyl groups is 1. The third-order valence-electron chi connectivity index (χ3n) is 4.69. The molecule has 0 aliphatic carbocycles. The summed E-state index contributed by atoms with van der Waals surface area (Å²) in [5.74, 6) is 0.161. The van der Waals surface area contributed by atoms with Crippen LogP contribution in [0.5, 0.6) is 0 Å². The standard InChI is InChI=1S/C21H23NO2S2/c1-13-6-4-5-7-17(13)21-22-19(10-11-23)20(25-21)15(3)18-12-16(26-24)9-8-14(18)2/h4-9,12,15,23-24H,10-11H2,1-3H3/p+1. The lowest BCUT2D eigenvalue weighted by Gasteiger charge is -2.14. The van der Waals surface area contributed by atoms with Crippen LogP contribution in [0.4, 0.5) is 0 Å². The van der Waals surface area contributed by atoms with Gasteiger partial charge in [0, 0.05) is 35.5 Å². The Morgan fingerprint density at radius 3 is 2.58 bits per heavy atom. The van der Waals surface area contributed by atoms with Crippen LogP contribution in [0.1, 0.15) is 40.1 Å². The number of nitrogens with zero attached hydrogens (tertiary/aromatic N) is 1. The molecule has 1 aromatic heterocycles. The molecule has 0 amide bonds. The van der Waals surface area contributed by atoms with Crippen LogP contribution < -0.4 is 0 Å². The molecule has 0 aliphatic heterocycles. The normalized spacial score (nSPS) is 12.3. The summed E-state index contributed by atoms with van der Waals surface area (Å²) in [4.78, 5) is 6.94. The van der Waals surface area contributed by atoms with Gasteiger partial charge in [-0.05, 0) is 36.6 Å². The molecule has 0 radical (unpaired) electrons. The smallest absolute Gasteiger partial charge is 0.187 e. The third-order valence-corrected chi connectivity index (χ3v) is 6.51. The molecular formula is C21H24NO2S2+. The average molecular weight is 387 g/mol. The van der Waals surface area contributed by atoms with E-state index in [0.717, 1.165) is 21.2 Å². The minimum atomic E-state index is 0.0882. The number of thiazole rings is 1. The number of aromatic nitrogens is 1. The van der Waals surface area contributed by atoms with Gasteiger partial charge in [-0.1, -0.05) is 37.3 Å². The molecular weight excluding hydrogens is 362 g/mol. The van der Waals surface area contributed by atoms with E-state index in [2.05, 4.69) is 45.0 Å². The van der Waals surface area contributed by atoms with Gasteiger partial charge in [0.05, 0.1) is 5.69 Å². The zero-order valence-corrected chi connectivity index (χ0v) is 16.9. The molecule has 2 N–H and O–H groups in total. The van der Waals surface area contributed by atoms with Crippen LogP contribution in [0, 0.1) is 13.8 Å². The zero-order chi connectivity index (χ0) is 18.7. The van der Waals surface area contributed by atoms with Gasteiger partial charge in [0.1, 0.15) is 5.01 Å². The van der Waals surface area contributed by atoms with E-state index in [-0.39, 0.29) is 24.6 Å². The van der Waals surface area contributed by atoms with E-state index in [9.17, 15) is 9.66 Å². The summed E-state index contributed by atoms with van der Waals surface area (Å²) in [6.07, 6.45) is 0.555. The summed E-state index contributed by atoms with van der Waals surface area (Å²) in [6.45, 7) is 6.46. The average Bonchev–Trinajstić information content (AvgIpc) is 3.06. The van der Waals surface area contributed by atoms with E-state index in [1.807, 2.05) is 18.2 Å². The fourth-order valence-corrected chi connectivity index (χ4v) is 4.82. The fraction of sp³-hybridized carbons (Fsp3) is 0.286. The number of rotatable bonds is 6. The third kappa shape index (κ3) is 3.86. The molecule has 3 rings (SSSR count). The van der Waals surface area contributed by atoms with E-state index < -0.39 is 0 Å². The molecule has 3 nitrogen and oxygen atoms in total. The Kier molecular flexibility index (Phi) is 6.14. The van der Waals surface area contributed by atoms with Gasteiger partial charge in [0.25, 0.3) is 0 Å². The predicted molar refractivity (Wildman–Crippen MR) is 111 cm³/mol. The van der Waals surface area contributed by atoms with Gasteiger partial charge in [-0.15, -0.1) is 11.3 Å². The van der Waals surface area contributed by atoms with E-state index in [4.69, 9.17) is 4.98 Å². The first kappa shape index (κ1) is 19.1. The summed E-state index contributed by atoms with van der Waals surface area (Å²) in [6, 6.07) is 14.3. The second kappa shape index (κ2) is 8.35. The number of benzene rings is 2. The molecule has 0 fully saturated rings. The van der Waals surface area contributed by atoms with Gasteiger partial charge in [0.15, 0.2) is 16.9 Å². The minimum Gasteiger partial charge on any atom is -0.396 e. The van der Waals surface area contributed by atoms with Gasteiger partial charge in [-0.2, -0.15) is 4.55 Å². The number of aliphatic hydroxyl groups excluding tert-OH is 1. The Hall–Kier alpha value is -1.66. The highest BCUT2D eigenvalue weighted by Gasteiger charge is 2.22. The van der Waals surface area contributed by atoms with Gasteiger partial charge >= 0.3 is 0 Å². The van der Waals surface area contributed by atoms with Crippen molar-refractivity contribution in [3.05, 3.63) is 69.7 Å². The number of aryl methyl sites for hydroxylation is 2. The molecule has 0 saturated carbocycles. The van der Waals surface area contributed by atoms with Crippen molar-refractivity contribution < 1.29 is 9.66 Å². The van der Waals surface area contributed by atoms with Crippen LogP contribution in [0.25, 0.3) is 10.6 Å². The Bertz CT molecular complexity index is 905. The van der Waals surface area contributed by atoms with Crippen molar-refractivity contribution in [3.8, 4) is 10.6 Å². The van der Waals surface area contributed by atoms with Crippen LogP contribution in [-0.2, 0) is 18.5 Å².